The van der Waals surface area contributed by atoms with Crippen molar-refractivity contribution in [2.45, 2.75) is 24.0 Å². The van der Waals surface area contributed by atoms with Gasteiger partial charge in [-0.2, -0.15) is 0 Å². The molecule has 0 bridgehead atoms. The summed E-state index contributed by atoms with van der Waals surface area (Å²) in [5.41, 5.74) is 1.32. The highest BCUT2D eigenvalue weighted by Gasteiger charge is 2.25. The minimum atomic E-state index is -3.67. The predicted molar refractivity (Wildman–Crippen MR) is 116 cm³/mol. The number of hydrogen-bond donors (Lipinski definition) is 0. The molecule has 8 nitrogen and oxygen atoms in total. The summed E-state index contributed by atoms with van der Waals surface area (Å²) in [6, 6.07) is 8.98. The Morgan fingerprint density at radius 3 is 2.53 bits per heavy atom. The second-order valence-corrected chi connectivity index (χ2v) is 9.11. The summed E-state index contributed by atoms with van der Waals surface area (Å²) in [6.45, 7) is 5.36. The van der Waals surface area contributed by atoms with Gasteiger partial charge in [0.2, 0.25) is 20.9 Å². The van der Waals surface area contributed by atoms with Crippen molar-refractivity contribution >= 4 is 15.7 Å². The third-order valence-electron chi connectivity index (χ3n) is 4.48. The zero-order valence-corrected chi connectivity index (χ0v) is 18.6. The summed E-state index contributed by atoms with van der Waals surface area (Å²) >= 11 is 0. The lowest BCUT2D eigenvalue weighted by molar-refractivity contribution is -0.136. The van der Waals surface area contributed by atoms with E-state index in [2.05, 4.69) is 11.6 Å². The summed E-state index contributed by atoms with van der Waals surface area (Å²) in [5.74, 6) is -0.312. The topological polar surface area (TPSA) is 84.7 Å². The van der Waals surface area contributed by atoms with E-state index in [0.717, 1.165) is 0 Å². The van der Waals surface area contributed by atoms with Crippen LogP contribution in [0, 0.1) is 0 Å². The molecular weight excluding hydrogens is 404 g/mol. The zero-order valence-electron chi connectivity index (χ0n) is 17.8. The van der Waals surface area contributed by atoms with Gasteiger partial charge in [-0.15, -0.1) is 6.58 Å². The third kappa shape index (κ3) is 6.51. The molecule has 1 heterocycles. The van der Waals surface area contributed by atoms with Gasteiger partial charge in [-0.3, -0.25) is 4.79 Å². The Morgan fingerprint density at radius 1 is 1.23 bits per heavy atom. The largest absolute Gasteiger partial charge is 0.375 e. The van der Waals surface area contributed by atoms with Crippen molar-refractivity contribution in [2.75, 3.05) is 40.9 Å². The number of allylic oxidation sites excluding steroid dienone is 1. The van der Waals surface area contributed by atoms with Crippen LogP contribution in [0.5, 0.6) is 0 Å². The van der Waals surface area contributed by atoms with E-state index in [4.69, 9.17) is 4.74 Å². The molecule has 9 heteroatoms. The van der Waals surface area contributed by atoms with Crippen LogP contribution in [0.15, 0.2) is 54.3 Å². The molecule has 1 aromatic carbocycles. The standard InChI is InChI=1S/C21H30N4O4S/c1-5-11-25-19(15-24(13-12-23(2)3)20(26)16-29-4)14-22-21(25)30(27,28)17-18-9-7-6-8-10-18/h5-10,14H,1,11-13,15-17H2,2-4H3. The van der Waals surface area contributed by atoms with E-state index in [1.54, 1.807) is 39.8 Å². The number of likely N-dealkylation sites (N-methyl/N-ethyl adjacent to an activating group) is 1. The lowest BCUT2D eigenvalue weighted by atomic mass is 10.2. The molecule has 0 aliphatic carbocycles. The normalized spacial score (nSPS) is 11.6. The smallest absolute Gasteiger partial charge is 0.248 e. The highest BCUT2D eigenvalue weighted by atomic mass is 32.2. The lowest BCUT2D eigenvalue weighted by Crippen LogP contribution is -2.38. The van der Waals surface area contributed by atoms with Gasteiger partial charge in [-0.1, -0.05) is 36.4 Å². The van der Waals surface area contributed by atoms with Crippen LogP contribution in [0.2, 0.25) is 0 Å². The van der Waals surface area contributed by atoms with Gasteiger partial charge in [0.15, 0.2) is 0 Å². The van der Waals surface area contributed by atoms with Gasteiger partial charge in [-0.25, -0.2) is 13.4 Å². The Bertz CT molecular complexity index is 939. The Morgan fingerprint density at radius 2 is 1.93 bits per heavy atom. The van der Waals surface area contributed by atoms with Crippen molar-refractivity contribution in [3.63, 3.8) is 0 Å². The molecule has 2 rings (SSSR count). The third-order valence-corrected chi connectivity index (χ3v) is 6.08. The molecule has 0 atom stereocenters. The molecule has 0 saturated heterocycles. The van der Waals surface area contributed by atoms with Gasteiger partial charge in [0.25, 0.3) is 0 Å². The fourth-order valence-corrected chi connectivity index (χ4v) is 4.47. The SMILES string of the molecule is C=CCn1c(CN(CCN(C)C)C(=O)COC)cnc1S(=O)(=O)Cc1ccccc1. The zero-order chi connectivity index (χ0) is 22.1. The minimum Gasteiger partial charge on any atom is -0.375 e. The predicted octanol–water partition coefficient (Wildman–Crippen LogP) is 1.58. The average Bonchev–Trinajstić information content (AvgIpc) is 3.09. The Balaban J connectivity index is 2.32. The molecule has 2 aromatic rings. The molecule has 0 N–H and O–H groups in total. The first-order chi connectivity index (χ1) is 14.3. The molecule has 0 aliphatic heterocycles. The van der Waals surface area contributed by atoms with E-state index in [9.17, 15) is 13.2 Å². The molecule has 0 fully saturated rings. The Hall–Kier alpha value is -2.49. The molecular formula is C21H30N4O4S. The highest BCUT2D eigenvalue weighted by molar-refractivity contribution is 7.90. The van der Waals surface area contributed by atoms with Crippen LogP contribution < -0.4 is 0 Å². The molecule has 0 spiro atoms. The summed E-state index contributed by atoms with van der Waals surface area (Å²) in [7, 11) is 1.65. The van der Waals surface area contributed by atoms with Gasteiger partial charge in [0.1, 0.15) is 6.61 Å². The van der Waals surface area contributed by atoms with E-state index in [0.29, 0.717) is 24.3 Å². The van der Waals surface area contributed by atoms with Crippen molar-refractivity contribution in [2.24, 2.45) is 0 Å². The number of aromatic nitrogens is 2. The van der Waals surface area contributed by atoms with Crippen molar-refractivity contribution in [3.8, 4) is 0 Å². The summed E-state index contributed by atoms with van der Waals surface area (Å²) in [4.78, 5) is 20.3. The number of rotatable bonds is 12. The van der Waals surface area contributed by atoms with Gasteiger partial charge in [0.05, 0.1) is 24.2 Å². The second-order valence-electron chi connectivity index (χ2n) is 7.23. The molecule has 0 radical (unpaired) electrons. The number of nitrogens with zero attached hydrogens (tertiary/aromatic N) is 4. The summed E-state index contributed by atoms with van der Waals surface area (Å²) in [5, 5.41) is -0.0204. The maximum absolute atomic E-state index is 13.0. The van der Waals surface area contributed by atoms with Crippen LogP contribution in [0.1, 0.15) is 11.3 Å². The molecule has 0 unspecified atom stereocenters. The van der Waals surface area contributed by atoms with Gasteiger partial charge in [-0.05, 0) is 19.7 Å². The lowest BCUT2D eigenvalue weighted by Gasteiger charge is -2.24. The first-order valence-corrected chi connectivity index (χ1v) is 11.3. The molecule has 30 heavy (non-hydrogen) atoms. The molecule has 164 valence electrons. The molecule has 1 amide bonds. The van der Waals surface area contributed by atoms with Crippen LogP contribution in [0.3, 0.4) is 0 Å². The molecule has 0 saturated carbocycles. The van der Waals surface area contributed by atoms with Gasteiger partial charge >= 0.3 is 0 Å². The summed E-state index contributed by atoms with van der Waals surface area (Å²) < 4.78 is 32.6. The molecule has 1 aromatic heterocycles. The quantitative estimate of drug-likeness (QED) is 0.472. The van der Waals surface area contributed by atoms with Crippen molar-refractivity contribution in [1.29, 1.82) is 0 Å². The van der Waals surface area contributed by atoms with Crippen LogP contribution in [0.4, 0.5) is 0 Å². The number of imidazole rings is 1. The Labute approximate surface area is 178 Å². The monoisotopic (exact) mass is 434 g/mol. The van der Waals surface area contributed by atoms with Gasteiger partial charge < -0.3 is 19.1 Å². The minimum absolute atomic E-state index is 0.0204. The second kappa shape index (κ2) is 11.1. The fraction of sp³-hybridized carbons (Fsp3) is 0.429. The maximum atomic E-state index is 13.0. The van der Waals surface area contributed by atoms with Crippen molar-refractivity contribution in [3.05, 3.63) is 60.4 Å². The van der Waals surface area contributed by atoms with Crippen LogP contribution in [0.25, 0.3) is 0 Å². The van der Waals surface area contributed by atoms with Gasteiger partial charge in [0, 0.05) is 26.7 Å². The number of sulfone groups is 1. The molecule has 0 aliphatic rings. The number of carbonyl (C=O) groups is 1. The van der Waals surface area contributed by atoms with Crippen molar-refractivity contribution in [1.82, 2.24) is 19.4 Å². The maximum Gasteiger partial charge on any atom is 0.248 e. The first-order valence-electron chi connectivity index (χ1n) is 9.62. The van der Waals surface area contributed by atoms with E-state index in [1.807, 2.05) is 25.1 Å². The van der Waals surface area contributed by atoms with Crippen LogP contribution in [-0.4, -0.2) is 74.6 Å². The van der Waals surface area contributed by atoms with E-state index in [1.165, 1.54) is 13.3 Å². The van der Waals surface area contributed by atoms with E-state index in [-0.39, 0.29) is 36.5 Å². The van der Waals surface area contributed by atoms with Crippen LogP contribution in [-0.2, 0) is 38.2 Å². The van der Waals surface area contributed by atoms with E-state index >= 15 is 0 Å². The van der Waals surface area contributed by atoms with Crippen LogP contribution >= 0.6 is 0 Å². The summed E-state index contributed by atoms with van der Waals surface area (Å²) in [6.07, 6.45) is 3.14. The highest BCUT2D eigenvalue weighted by Crippen LogP contribution is 2.19. The number of carbonyl (C=O) groups excluding carboxylic acids is 1. The Kier molecular flexibility index (Phi) is 8.76. The number of ether oxygens (including phenoxy) is 1. The first kappa shape index (κ1) is 23.8. The number of hydrogen-bond acceptors (Lipinski definition) is 6. The number of amides is 1. The average molecular weight is 435 g/mol. The fourth-order valence-electron chi connectivity index (χ4n) is 2.97. The van der Waals surface area contributed by atoms with E-state index < -0.39 is 9.84 Å². The number of methoxy groups -OCH3 is 1. The number of benzene rings is 1. The van der Waals surface area contributed by atoms with Crippen molar-refractivity contribution < 1.29 is 17.9 Å².